The Kier molecular flexibility index (Phi) is 5.37. The first-order valence-electron chi connectivity index (χ1n) is 12.0. The third kappa shape index (κ3) is 3.94. The smallest absolute Gasteiger partial charge is 0.259 e. The van der Waals surface area contributed by atoms with Crippen LogP contribution in [-0.4, -0.2) is 35.2 Å². The highest BCUT2D eigenvalue weighted by Crippen LogP contribution is 2.39. The number of anilines is 1. The van der Waals surface area contributed by atoms with Crippen molar-refractivity contribution in [2.75, 3.05) is 5.32 Å². The summed E-state index contributed by atoms with van der Waals surface area (Å²) >= 11 is 0. The van der Waals surface area contributed by atoms with Gasteiger partial charge in [0, 0.05) is 31.0 Å². The van der Waals surface area contributed by atoms with E-state index >= 15 is 0 Å². The monoisotopic (exact) mass is 481 g/mol. The van der Waals surface area contributed by atoms with E-state index in [1.165, 1.54) is 6.07 Å². The minimum absolute atomic E-state index is 0.0677. The van der Waals surface area contributed by atoms with Crippen molar-refractivity contribution >= 4 is 11.7 Å². The van der Waals surface area contributed by atoms with Crippen LogP contribution < -0.4 is 5.32 Å². The highest BCUT2D eigenvalue weighted by atomic mass is 19.1. The largest absolute Gasteiger partial charge is 0.306 e. The Morgan fingerprint density at radius 2 is 2.11 bits per heavy atom. The molecule has 1 aromatic carbocycles. The quantitative estimate of drug-likeness (QED) is 0.406. The van der Waals surface area contributed by atoms with Gasteiger partial charge in [-0.05, 0) is 56.0 Å². The van der Waals surface area contributed by atoms with Crippen LogP contribution in [0.15, 0.2) is 42.9 Å². The SMILES string of the molecule is C#CCC1CCc2nnc(-c3cccc(NC(=O)c4cc(-n5cnc(C6CC6)c5)c(C)cc4F)n3)n21. The Bertz CT molecular complexity index is 1530. The van der Waals surface area contributed by atoms with Gasteiger partial charge in [-0.2, -0.15) is 0 Å². The lowest BCUT2D eigenvalue weighted by molar-refractivity contribution is 0.102. The van der Waals surface area contributed by atoms with E-state index in [4.69, 9.17) is 6.42 Å². The molecule has 8 nitrogen and oxygen atoms in total. The average molecular weight is 482 g/mol. The number of terminal acetylenes is 1. The fraction of sp³-hybridized carbons (Fsp3) is 0.296. The first-order chi connectivity index (χ1) is 17.5. The number of fused-ring (bicyclic) bond motifs is 1. The maximum absolute atomic E-state index is 14.9. The number of rotatable bonds is 6. The zero-order chi connectivity index (χ0) is 24.8. The van der Waals surface area contributed by atoms with Gasteiger partial charge in [0.15, 0.2) is 5.82 Å². The van der Waals surface area contributed by atoms with Crippen molar-refractivity contribution in [3.05, 3.63) is 71.3 Å². The van der Waals surface area contributed by atoms with Crippen molar-refractivity contribution in [1.82, 2.24) is 29.3 Å². The van der Waals surface area contributed by atoms with Crippen LogP contribution in [0.2, 0.25) is 0 Å². The second-order valence-electron chi connectivity index (χ2n) is 9.37. The molecule has 9 heteroatoms. The summed E-state index contributed by atoms with van der Waals surface area (Å²) in [6.45, 7) is 1.81. The van der Waals surface area contributed by atoms with Gasteiger partial charge in [0.2, 0.25) is 0 Å². The molecule has 1 amide bonds. The molecule has 0 bridgehead atoms. The molecule has 6 rings (SSSR count). The van der Waals surface area contributed by atoms with E-state index in [0.717, 1.165) is 37.2 Å². The number of hydrogen-bond acceptors (Lipinski definition) is 5. The molecule has 1 unspecified atom stereocenters. The van der Waals surface area contributed by atoms with Crippen LogP contribution in [0, 0.1) is 25.1 Å². The molecule has 180 valence electrons. The summed E-state index contributed by atoms with van der Waals surface area (Å²) in [6.07, 6.45) is 13.8. The van der Waals surface area contributed by atoms with Gasteiger partial charge in [0.25, 0.3) is 5.91 Å². The number of halogens is 1. The maximum atomic E-state index is 14.9. The first kappa shape index (κ1) is 22.2. The summed E-state index contributed by atoms with van der Waals surface area (Å²) in [5.41, 5.74) is 2.94. The van der Waals surface area contributed by atoms with E-state index in [1.807, 2.05) is 22.3 Å². The molecule has 1 atom stereocenters. The summed E-state index contributed by atoms with van der Waals surface area (Å²) in [4.78, 5) is 22.1. The van der Waals surface area contributed by atoms with Crippen LogP contribution in [0.5, 0.6) is 0 Å². The summed E-state index contributed by atoms with van der Waals surface area (Å²) in [5, 5.41) is 11.3. The minimum Gasteiger partial charge on any atom is -0.306 e. The Hall–Kier alpha value is -4.32. The highest BCUT2D eigenvalue weighted by molar-refractivity contribution is 6.04. The molecule has 4 heterocycles. The number of carbonyl (C=O) groups is 1. The van der Waals surface area contributed by atoms with E-state index in [1.54, 1.807) is 30.6 Å². The van der Waals surface area contributed by atoms with Gasteiger partial charge in [-0.25, -0.2) is 14.4 Å². The summed E-state index contributed by atoms with van der Waals surface area (Å²) < 4.78 is 18.7. The number of benzene rings is 1. The molecule has 0 saturated heterocycles. The number of hydrogen-bond donors (Lipinski definition) is 1. The van der Waals surface area contributed by atoms with E-state index in [9.17, 15) is 9.18 Å². The lowest BCUT2D eigenvalue weighted by atomic mass is 10.1. The van der Waals surface area contributed by atoms with Crippen molar-refractivity contribution in [3.63, 3.8) is 0 Å². The Labute approximate surface area is 207 Å². The third-order valence-corrected chi connectivity index (χ3v) is 6.81. The van der Waals surface area contributed by atoms with Crippen molar-refractivity contribution in [1.29, 1.82) is 0 Å². The zero-order valence-corrected chi connectivity index (χ0v) is 19.8. The van der Waals surface area contributed by atoms with E-state index in [0.29, 0.717) is 40.9 Å². The third-order valence-electron chi connectivity index (χ3n) is 6.81. The molecule has 0 spiro atoms. The Morgan fingerprint density at radius 1 is 1.25 bits per heavy atom. The molecule has 4 aromatic rings. The summed E-state index contributed by atoms with van der Waals surface area (Å²) in [6, 6.07) is 8.28. The Balaban J connectivity index is 1.27. The van der Waals surface area contributed by atoms with Crippen molar-refractivity contribution in [2.24, 2.45) is 0 Å². The van der Waals surface area contributed by atoms with Gasteiger partial charge in [-0.3, -0.25) is 4.79 Å². The van der Waals surface area contributed by atoms with Gasteiger partial charge < -0.3 is 14.5 Å². The molecule has 1 N–H and O–H groups in total. The topological polar surface area (TPSA) is 90.5 Å². The Morgan fingerprint density at radius 3 is 2.92 bits per heavy atom. The van der Waals surface area contributed by atoms with E-state index in [-0.39, 0.29) is 11.6 Å². The van der Waals surface area contributed by atoms with Crippen LogP contribution in [0.3, 0.4) is 0 Å². The van der Waals surface area contributed by atoms with Gasteiger partial charge in [-0.1, -0.05) is 6.07 Å². The molecule has 1 aliphatic carbocycles. The molecule has 0 radical (unpaired) electrons. The predicted octanol–water partition coefficient (Wildman–Crippen LogP) is 4.61. The second-order valence-corrected chi connectivity index (χ2v) is 9.37. The first-order valence-corrected chi connectivity index (χ1v) is 12.0. The van der Waals surface area contributed by atoms with Gasteiger partial charge in [-0.15, -0.1) is 22.5 Å². The fourth-order valence-electron chi connectivity index (χ4n) is 4.79. The van der Waals surface area contributed by atoms with Crippen molar-refractivity contribution < 1.29 is 9.18 Å². The number of aromatic nitrogens is 6. The van der Waals surface area contributed by atoms with Crippen LogP contribution in [0.4, 0.5) is 10.2 Å². The normalized spacial score (nSPS) is 16.5. The molecule has 3 aromatic heterocycles. The molecular formula is C27H24FN7O. The number of carbonyl (C=O) groups excluding carboxylic acids is 1. The molecule has 1 saturated carbocycles. The van der Waals surface area contributed by atoms with Crippen LogP contribution >= 0.6 is 0 Å². The summed E-state index contributed by atoms with van der Waals surface area (Å²) in [5.74, 6) is 3.81. The predicted molar refractivity (Wildman–Crippen MR) is 132 cm³/mol. The fourth-order valence-corrected chi connectivity index (χ4v) is 4.79. The highest BCUT2D eigenvalue weighted by Gasteiger charge is 2.28. The lowest BCUT2D eigenvalue weighted by Crippen LogP contribution is -2.16. The van der Waals surface area contributed by atoms with Crippen molar-refractivity contribution in [2.45, 2.75) is 51.0 Å². The standard InChI is InChI=1S/C27H24FN7O/c1-3-5-18-10-11-25-32-33-26(35(18)25)21-6-4-7-24(30-21)31-27(36)19-13-23(16(2)12-20(19)28)34-14-22(29-15-34)17-8-9-17/h1,4,6-7,12-15,17-18H,5,8-11H2,2H3,(H,30,31,36). The van der Waals surface area contributed by atoms with Crippen LogP contribution in [-0.2, 0) is 6.42 Å². The van der Waals surface area contributed by atoms with Crippen LogP contribution in [0.25, 0.3) is 17.2 Å². The maximum Gasteiger partial charge on any atom is 0.259 e. The zero-order valence-electron chi connectivity index (χ0n) is 19.8. The number of nitrogens with zero attached hydrogens (tertiary/aromatic N) is 6. The van der Waals surface area contributed by atoms with Gasteiger partial charge in [0.05, 0.1) is 23.3 Å². The number of nitrogens with one attached hydrogen (secondary N) is 1. The van der Waals surface area contributed by atoms with Crippen molar-refractivity contribution in [3.8, 4) is 29.5 Å². The molecular weight excluding hydrogens is 457 g/mol. The average Bonchev–Trinajstić information content (AvgIpc) is 3.25. The van der Waals surface area contributed by atoms with Gasteiger partial charge in [0.1, 0.15) is 23.2 Å². The molecule has 1 fully saturated rings. The second kappa shape index (κ2) is 8.72. The number of amides is 1. The summed E-state index contributed by atoms with van der Waals surface area (Å²) in [7, 11) is 0. The van der Waals surface area contributed by atoms with Crippen LogP contribution in [0.1, 0.15) is 65.1 Å². The number of pyridine rings is 1. The lowest BCUT2D eigenvalue weighted by Gasteiger charge is -2.13. The number of imidazole rings is 1. The van der Waals surface area contributed by atoms with E-state index < -0.39 is 11.7 Å². The molecule has 36 heavy (non-hydrogen) atoms. The number of aryl methyl sites for hydroxylation is 2. The van der Waals surface area contributed by atoms with Gasteiger partial charge >= 0.3 is 0 Å². The molecule has 2 aliphatic rings. The van der Waals surface area contributed by atoms with E-state index in [2.05, 4.69) is 31.4 Å². The minimum atomic E-state index is -0.597. The molecule has 1 aliphatic heterocycles.